The Balaban J connectivity index is 2.00. The molecule has 1 aromatic carbocycles. The van der Waals surface area contributed by atoms with E-state index in [-0.39, 0.29) is 0 Å². The Kier molecular flexibility index (Phi) is 4.49. The minimum Gasteiger partial charge on any atom is -0.382 e. The van der Waals surface area contributed by atoms with Gasteiger partial charge in [-0.2, -0.15) is 0 Å². The Morgan fingerprint density at radius 1 is 1.29 bits per heavy atom. The maximum Gasteiger partial charge on any atom is 0.0356 e. The van der Waals surface area contributed by atoms with E-state index in [2.05, 4.69) is 53.3 Å². The van der Waals surface area contributed by atoms with Gasteiger partial charge in [0.2, 0.25) is 0 Å². The van der Waals surface area contributed by atoms with E-state index >= 15 is 0 Å². The maximum absolute atomic E-state index is 3.70. The summed E-state index contributed by atoms with van der Waals surface area (Å²) < 4.78 is 1.17. The van der Waals surface area contributed by atoms with Gasteiger partial charge >= 0.3 is 0 Å². The number of hydrogen-bond acceptors (Lipinski definition) is 1. The number of hydrogen-bond donors (Lipinski definition) is 1. The molecule has 0 aliphatic heterocycles. The van der Waals surface area contributed by atoms with Gasteiger partial charge in [0.1, 0.15) is 0 Å². The van der Waals surface area contributed by atoms with E-state index in [0.29, 0.717) is 6.04 Å². The molecule has 2 heteroatoms. The molecule has 0 radical (unpaired) electrons. The molecule has 2 unspecified atom stereocenters. The van der Waals surface area contributed by atoms with Crippen molar-refractivity contribution in [2.24, 2.45) is 5.92 Å². The van der Waals surface area contributed by atoms with Crippen molar-refractivity contribution in [1.82, 2.24) is 0 Å². The molecular weight excluding hydrogens is 274 g/mol. The fraction of sp³-hybridized carbons (Fsp3) is 0.600. The zero-order valence-electron chi connectivity index (χ0n) is 10.8. The molecule has 0 spiro atoms. The van der Waals surface area contributed by atoms with Crippen LogP contribution in [0.25, 0.3) is 0 Å². The summed E-state index contributed by atoms with van der Waals surface area (Å²) in [6.45, 7) is 4.46. The van der Waals surface area contributed by atoms with Gasteiger partial charge in [0.05, 0.1) is 0 Å². The van der Waals surface area contributed by atoms with Gasteiger partial charge in [-0.3, -0.25) is 0 Å². The van der Waals surface area contributed by atoms with Crippen LogP contribution >= 0.6 is 15.9 Å². The first-order chi connectivity index (χ1) is 8.17. The van der Waals surface area contributed by atoms with Crippen LogP contribution in [0.2, 0.25) is 0 Å². The normalized spacial score (nSPS) is 24.6. The third kappa shape index (κ3) is 3.74. The largest absolute Gasteiger partial charge is 0.382 e. The molecule has 1 aliphatic rings. The third-order valence-corrected chi connectivity index (χ3v) is 4.23. The van der Waals surface area contributed by atoms with E-state index in [9.17, 15) is 0 Å². The molecule has 94 valence electrons. The van der Waals surface area contributed by atoms with Crippen LogP contribution < -0.4 is 5.32 Å². The first-order valence-corrected chi connectivity index (χ1v) is 7.50. The van der Waals surface area contributed by atoms with Crippen LogP contribution in [0.15, 0.2) is 22.7 Å². The van der Waals surface area contributed by atoms with Crippen LogP contribution in [0.5, 0.6) is 0 Å². The molecule has 0 heterocycles. The van der Waals surface area contributed by atoms with Crippen LogP contribution in [-0.4, -0.2) is 6.04 Å². The zero-order chi connectivity index (χ0) is 12.3. The summed E-state index contributed by atoms with van der Waals surface area (Å²) >= 11 is 3.56. The zero-order valence-corrected chi connectivity index (χ0v) is 12.4. The van der Waals surface area contributed by atoms with Crippen molar-refractivity contribution in [2.45, 2.75) is 52.0 Å². The molecule has 0 aromatic heterocycles. The molecule has 0 amide bonds. The van der Waals surface area contributed by atoms with Crippen LogP contribution in [0, 0.1) is 12.8 Å². The highest BCUT2D eigenvalue weighted by molar-refractivity contribution is 9.10. The van der Waals surface area contributed by atoms with E-state index in [0.717, 1.165) is 5.92 Å². The smallest absolute Gasteiger partial charge is 0.0356 e. The fourth-order valence-corrected chi connectivity index (χ4v) is 3.46. The van der Waals surface area contributed by atoms with Crippen LogP contribution in [0.4, 0.5) is 5.69 Å². The van der Waals surface area contributed by atoms with Crippen molar-refractivity contribution >= 4 is 21.6 Å². The highest BCUT2D eigenvalue weighted by Crippen LogP contribution is 2.29. The highest BCUT2D eigenvalue weighted by atomic mass is 79.9. The molecule has 2 atom stereocenters. The molecule has 1 aliphatic carbocycles. The highest BCUT2D eigenvalue weighted by Gasteiger charge is 2.20. The Morgan fingerprint density at radius 3 is 2.82 bits per heavy atom. The van der Waals surface area contributed by atoms with Gasteiger partial charge in [-0.25, -0.2) is 0 Å². The lowest BCUT2D eigenvalue weighted by atomic mass is 9.84. The lowest BCUT2D eigenvalue weighted by Gasteiger charge is -2.30. The van der Waals surface area contributed by atoms with E-state index in [1.807, 2.05) is 0 Å². The second-order valence-electron chi connectivity index (χ2n) is 5.30. The van der Waals surface area contributed by atoms with Gasteiger partial charge < -0.3 is 5.32 Å². The molecule has 1 saturated carbocycles. The van der Waals surface area contributed by atoms with E-state index in [1.165, 1.54) is 47.8 Å². The molecule has 1 nitrogen and oxygen atoms in total. The predicted molar refractivity (Wildman–Crippen MR) is 78.5 cm³/mol. The van der Waals surface area contributed by atoms with Crippen molar-refractivity contribution < 1.29 is 0 Å². The Morgan fingerprint density at radius 2 is 2.12 bits per heavy atom. The van der Waals surface area contributed by atoms with Gasteiger partial charge in [-0.15, -0.1) is 0 Å². The van der Waals surface area contributed by atoms with Crippen molar-refractivity contribution in [3.63, 3.8) is 0 Å². The molecule has 17 heavy (non-hydrogen) atoms. The lowest BCUT2D eigenvalue weighted by molar-refractivity contribution is 0.327. The number of aryl methyl sites for hydroxylation is 1. The maximum atomic E-state index is 3.70. The summed E-state index contributed by atoms with van der Waals surface area (Å²) in [6.07, 6.45) is 6.79. The number of anilines is 1. The van der Waals surface area contributed by atoms with Crippen molar-refractivity contribution in [3.05, 3.63) is 28.2 Å². The fourth-order valence-electron chi connectivity index (χ4n) is 2.85. The summed E-state index contributed by atoms with van der Waals surface area (Å²) in [5.74, 6) is 0.925. The predicted octanol–water partition coefficient (Wildman–Crippen LogP) is 5.14. The topological polar surface area (TPSA) is 12.0 Å². The van der Waals surface area contributed by atoms with E-state index in [4.69, 9.17) is 0 Å². The van der Waals surface area contributed by atoms with Crippen LogP contribution in [0.1, 0.15) is 44.6 Å². The average Bonchev–Trinajstić information content (AvgIpc) is 2.28. The molecule has 1 fully saturated rings. The van der Waals surface area contributed by atoms with Crippen molar-refractivity contribution in [2.75, 3.05) is 5.32 Å². The summed E-state index contributed by atoms with van der Waals surface area (Å²) in [4.78, 5) is 0. The average molecular weight is 296 g/mol. The molecular formula is C15H22BrN. The molecule has 0 bridgehead atoms. The molecule has 2 rings (SSSR count). The first-order valence-electron chi connectivity index (χ1n) is 6.71. The molecule has 0 saturated heterocycles. The quantitative estimate of drug-likeness (QED) is 0.814. The SMILES string of the molecule is CCC1CCCC(Nc2cc(C)cc(Br)c2)C1. The van der Waals surface area contributed by atoms with Gasteiger partial charge in [0.15, 0.2) is 0 Å². The number of benzene rings is 1. The Labute approximate surface area is 113 Å². The summed E-state index contributed by atoms with van der Waals surface area (Å²) in [6, 6.07) is 7.24. The minimum atomic E-state index is 0.669. The van der Waals surface area contributed by atoms with E-state index in [1.54, 1.807) is 0 Å². The van der Waals surface area contributed by atoms with Crippen LogP contribution in [-0.2, 0) is 0 Å². The third-order valence-electron chi connectivity index (χ3n) is 3.77. The Hall–Kier alpha value is -0.500. The first kappa shape index (κ1) is 12.9. The summed E-state index contributed by atoms with van der Waals surface area (Å²) in [7, 11) is 0. The van der Waals surface area contributed by atoms with Gasteiger partial charge in [-0.05, 0) is 49.4 Å². The Bertz CT molecular complexity index is 355. The van der Waals surface area contributed by atoms with Gasteiger partial charge in [0.25, 0.3) is 0 Å². The monoisotopic (exact) mass is 295 g/mol. The number of rotatable bonds is 3. The number of halogens is 1. The van der Waals surface area contributed by atoms with Gasteiger partial charge in [0, 0.05) is 16.2 Å². The molecule has 1 aromatic rings. The van der Waals surface area contributed by atoms with Crippen molar-refractivity contribution in [3.8, 4) is 0 Å². The standard InChI is InChI=1S/C15H22BrN/c1-3-12-5-4-6-14(9-12)17-15-8-11(2)7-13(16)10-15/h7-8,10,12,14,17H,3-6,9H2,1-2H3. The van der Waals surface area contributed by atoms with Crippen LogP contribution in [0.3, 0.4) is 0 Å². The second kappa shape index (κ2) is 5.90. The van der Waals surface area contributed by atoms with Crippen molar-refractivity contribution in [1.29, 1.82) is 0 Å². The van der Waals surface area contributed by atoms with E-state index < -0.39 is 0 Å². The lowest BCUT2D eigenvalue weighted by Crippen LogP contribution is -2.27. The second-order valence-corrected chi connectivity index (χ2v) is 6.22. The molecule has 1 N–H and O–H groups in total. The number of nitrogens with one attached hydrogen (secondary N) is 1. The summed E-state index contributed by atoms with van der Waals surface area (Å²) in [5, 5.41) is 3.70. The minimum absolute atomic E-state index is 0.669. The summed E-state index contributed by atoms with van der Waals surface area (Å²) in [5.41, 5.74) is 2.57. The van der Waals surface area contributed by atoms with Gasteiger partial charge in [-0.1, -0.05) is 42.1 Å².